The SMILES string of the molecule is CC(C)S(=O)(=O)NC1Cc2ccc(-c3cccnc3)cc2C1.CC(C)S(=O)(=O)NC1Cc2ccc(-c3cccs3)cc2C1. The zero-order valence-electron chi connectivity index (χ0n) is 24.9. The lowest BCUT2D eigenvalue weighted by Gasteiger charge is -2.14. The van der Waals surface area contributed by atoms with E-state index >= 15 is 0 Å². The van der Waals surface area contributed by atoms with Crippen LogP contribution in [-0.2, 0) is 45.7 Å². The Kier molecular flexibility index (Phi) is 9.53. The lowest BCUT2D eigenvalue weighted by Crippen LogP contribution is -2.39. The van der Waals surface area contributed by atoms with E-state index in [0.29, 0.717) is 0 Å². The number of hydrogen-bond donors (Lipinski definition) is 2. The van der Waals surface area contributed by atoms with Crippen molar-refractivity contribution in [3.8, 4) is 21.6 Å². The van der Waals surface area contributed by atoms with Crippen LogP contribution in [0.25, 0.3) is 21.6 Å². The first-order chi connectivity index (χ1) is 20.4. The van der Waals surface area contributed by atoms with Gasteiger partial charge in [0.05, 0.1) is 10.5 Å². The molecule has 2 aromatic heterocycles. The molecule has 2 aliphatic rings. The number of hydrogen-bond acceptors (Lipinski definition) is 6. The number of nitrogens with zero attached hydrogens (tertiary/aromatic N) is 1. The Morgan fingerprint density at radius 3 is 1.70 bits per heavy atom. The molecule has 2 atom stereocenters. The summed E-state index contributed by atoms with van der Waals surface area (Å²) in [4.78, 5) is 5.40. The predicted octanol–water partition coefficient (Wildman–Crippen LogP) is 5.75. The van der Waals surface area contributed by atoms with Gasteiger partial charge in [-0.25, -0.2) is 26.3 Å². The molecule has 4 aromatic rings. The predicted molar refractivity (Wildman–Crippen MR) is 176 cm³/mol. The fourth-order valence-electron chi connectivity index (χ4n) is 5.45. The molecule has 0 bridgehead atoms. The molecule has 10 heteroatoms. The zero-order valence-corrected chi connectivity index (χ0v) is 27.4. The van der Waals surface area contributed by atoms with Crippen LogP contribution in [0.4, 0.5) is 0 Å². The summed E-state index contributed by atoms with van der Waals surface area (Å²) in [7, 11) is -6.42. The summed E-state index contributed by atoms with van der Waals surface area (Å²) in [6, 6.07) is 20.9. The summed E-state index contributed by atoms with van der Waals surface area (Å²) >= 11 is 1.72. The molecule has 0 spiro atoms. The first-order valence-electron chi connectivity index (χ1n) is 14.6. The van der Waals surface area contributed by atoms with Gasteiger partial charge in [-0.3, -0.25) is 4.98 Å². The molecule has 0 radical (unpaired) electrons. The van der Waals surface area contributed by atoms with Gasteiger partial charge in [0.1, 0.15) is 0 Å². The molecule has 7 nitrogen and oxygen atoms in total. The molecular formula is C33H39N3O4S3. The van der Waals surface area contributed by atoms with Crippen molar-refractivity contribution in [1.82, 2.24) is 14.4 Å². The van der Waals surface area contributed by atoms with Crippen molar-refractivity contribution in [2.24, 2.45) is 0 Å². The van der Waals surface area contributed by atoms with Crippen LogP contribution in [0, 0.1) is 0 Å². The maximum Gasteiger partial charge on any atom is 0.214 e. The van der Waals surface area contributed by atoms with Gasteiger partial charge in [0.25, 0.3) is 0 Å². The average Bonchev–Trinajstić information content (AvgIpc) is 3.72. The minimum absolute atomic E-state index is 0.00835. The molecular weight excluding hydrogens is 599 g/mol. The van der Waals surface area contributed by atoms with Gasteiger partial charge in [0, 0.05) is 29.4 Å². The molecule has 0 saturated heterocycles. The number of nitrogens with one attached hydrogen (secondary N) is 2. The van der Waals surface area contributed by atoms with Crippen LogP contribution >= 0.6 is 11.3 Å². The van der Waals surface area contributed by atoms with Gasteiger partial charge in [-0.1, -0.05) is 48.5 Å². The van der Waals surface area contributed by atoms with E-state index in [1.54, 1.807) is 45.2 Å². The second kappa shape index (κ2) is 13.0. The highest BCUT2D eigenvalue weighted by molar-refractivity contribution is 7.90. The van der Waals surface area contributed by atoms with Gasteiger partial charge in [0.2, 0.25) is 20.0 Å². The van der Waals surface area contributed by atoms with Crippen molar-refractivity contribution in [1.29, 1.82) is 0 Å². The van der Waals surface area contributed by atoms with E-state index in [4.69, 9.17) is 0 Å². The van der Waals surface area contributed by atoms with E-state index in [1.807, 2.05) is 24.4 Å². The van der Waals surface area contributed by atoms with E-state index in [-0.39, 0.29) is 17.3 Å². The van der Waals surface area contributed by atoms with Crippen molar-refractivity contribution in [3.05, 3.63) is 101 Å². The van der Waals surface area contributed by atoms with Crippen LogP contribution in [0.3, 0.4) is 0 Å². The molecule has 43 heavy (non-hydrogen) atoms. The lowest BCUT2D eigenvalue weighted by atomic mass is 10.0. The molecule has 0 aliphatic heterocycles. The maximum atomic E-state index is 12.0. The third-order valence-corrected chi connectivity index (χ3v) is 12.7. The Morgan fingerprint density at radius 1 is 0.674 bits per heavy atom. The van der Waals surface area contributed by atoms with Gasteiger partial charge in [-0.15, -0.1) is 11.3 Å². The summed E-state index contributed by atoms with van der Waals surface area (Å²) in [5.74, 6) is 0. The molecule has 0 saturated carbocycles. The Hall–Kier alpha value is -2.89. The fourth-order valence-corrected chi connectivity index (χ4v) is 7.98. The molecule has 228 valence electrons. The summed E-state index contributed by atoms with van der Waals surface area (Å²) in [5, 5.41) is 1.28. The maximum absolute atomic E-state index is 12.0. The number of sulfonamides is 2. The summed E-state index contributed by atoms with van der Waals surface area (Å²) < 4.78 is 53.6. The van der Waals surface area contributed by atoms with Gasteiger partial charge in [-0.2, -0.15) is 0 Å². The summed E-state index contributed by atoms with van der Waals surface area (Å²) in [5.41, 5.74) is 8.39. The number of thiophene rings is 1. The van der Waals surface area contributed by atoms with E-state index in [9.17, 15) is 16.8 Å². The van der Waals surface area contributed by atoms with Gasteiger partial charge in [0.15, 0.2) is 0 Å². The number of aromatic nitrogens is 1. The highest BCUT2D eigenvalue weighted by Gasteiger charge is 2.28. The van der Waals surface area contributed by atoms with Crippen LogP contribution in [0.15, 0.2) is 78.4 Å². The molecule has 2 aliphatic carbocycles. The van der Waals surface area contributed by atoms with Gasteiger partial charge >= 0.3 is 0 Å². The number of rotatable bonds is 8. The number of benzene rings is 2. The highest BCUT2D eigenvalue weighted by Crippen LogP contribution is 2.31. The summed E-state index contributed by atoms with van der Waals surface area (Å²) in [6.45, 7) is 6.81. The first-order valence-corrected chi connectivity index (χ1v) is 18.6. The number of pyridine rings is 1. The van der Waals surface area contributed by atoms with Crippen LogP contribution in [0.2, 0.25) is 0 Å². The number of fused-ring (bicyclic) bond motifs is 2. The highest BCUT2D eigenvalue weighted by atomic mass is 32.2. The van der Waals surface area contributed by atoms with Crippen molar-refractivity contribution >= 4 is 31.4 Å². The Morgan fingerprint density at radius 2 is 1.21 bits per heavy atom. The zero-order chi connectivity index (χ0) is 30.8. The van der Waals surface area contributed by atoms with Crippen LogP contribution < -0.4 is 9.44 Å². The van der Waals surface area contributed by atoms with Crippen molar-refractivity contribution in [2.75, 3.05) is 0 Å². The van der Waals surface area contributed by atoms with Crippen molar-refractivity contribution < 1.29 is 16.8 Å². The summed E-state index contributed by atoms with van der Waals surface area (Å²) in [6.07, 6.45) is 6.67. The largest absolute Gasteiger partial charge is 0.264 e. The van der Waals surface area contributed by atoms with Gasteiger partial charge in [-0.05, 0) is 110 Å². The molecule has 2 aromatic carbocycles. The van der Waals surface area contributed by atoms with Crippen molar-refractivity contribution in [2.45, 2.75) is 76.0 Å². The normalized spacial score (nSPS) is 17.9. The van der Waals surface area contributed by atoms with E-state index < -0.39 is 25.3 Å². The Balaban J connectivity index is 0.000000171. The second-order valence-electron chi connectivity index (χ2n) is 11.8. The van der Waals surface area contributed by atoms with Crippen LogP contribution in [0.1, 0.15) is 49.9 Å². The smallest absolute Gasteiger partial charge is 0.214 e. The second-order valence-corrected chi connectivity index (χ2v) is 17.3. The molecule has 2 N–H and O–H groups in total. The minimum Gasteiger partial charge on any atom is -0.264 e. The molecule has 6 rings (SSSR count). The van der Waals surface area contributed by atoms with Crippen molar-refractivity contribution in [3.63, 3.8) is 0 Å². The van der Waals surface area contributed by atoms with E-state index in [1.165, 1.54) is 32.7 Å². The molecule has 0 fully saturated rings. The molecule has 0 amide bonds. The quantitative estimate of drug-likeness (QED) is 0.256. The standard InChI is InChI=1S/C17H20N2O2S.C16H19NO2S2/c1-12(2)22(20,21)19-17-9-14-6-5-13(8-16(14)10-17)15-4-3-7-18-11-15;1-11(2)21(18,19)17-15-9-12-5-6-13(8-14(12)10-15)16-4-3-7-20-16/h3-8,11-12,17,19H,9-10H2,1-2H3;3-8,11,15,17H,9-10H2,1-2H3. The third-order valence-electron chi connectivity index (χ3n) is 7.98. The minimum atomic E-state index is -3.22. The molecule has 2 unspecified atom stereocenters. The molecule has 2 heterocycles. The van der Waals surface area contributed by atoms with E-state index in [0.717, 1.165) is 36.8 Å². The third kappa shape index (κ3) is 7.61. The van der Waals surface area contributed by atoms with Crippen LogP contribution in [0.5, 0.6) is 0 Å². The topological polar surface area (TPSA) is 105 Å². The van der Waals surface area contributed by atoms with E-state index in [2.05, 4.69) is 62.3 Å². The average molecular weight is 638 g/mol. The fraction of sp³-hybridized carbons (Fsp3) is 0.364. The Bertz CT molecular complexity index is 1770. The van der Waals surface area contributed by atoms with Gasteiger partial charge < -0.3 is 0 Å². The Labute approximate surface area is 259 Å². The lowest BCUT2D eigenvalue weighted by molar-refractivity contribution is 0.546. The van der Waals surface area contributed by atoms with Crippen LogP contribution in [-0.4, -0.2) is 44.4 Å². The first kappa shape index (κ1) is 31.5. The monoisotopic (exact) mass is 637 g/mol.